The summed E-state index contributed by atoms with van der Waals surface area (Å²) in [4.78, 5) is 10.2. The molecule has 0 aliphatic carbocycles. The molecule has 2 N–H and O–H groups in total. The van der Waals surface area contributed by atoms with Crippen molar-refractivity contribution in [1.29, 1.82) is 0 Å². The van der Waals surface area contributed by atoms with Crippen molar-refractivity contribution in [3.63, 3.8) is 0 Å². The summed E-state index contributed by atoms with van der Waals surface area (Å²) < 4.78 is 5.61. The molecule has 0 bridgehead atoms. The molecule has 1 aliphatic heterocycles. The van der Waals surface area contributed by atoms with Crippen LogP contribution < -0.4 is 10.6 Å². The van der Waals surface area contributed by atoms with Crippen molar-refractivity contribution >= 4 is 12.1 Å². The Morgan fingerprint density at radius 3 is 2.80 bits per heavy atom. The molecule has 0 aromatic heterocycles. The summed E-state index contributed by atoms with van der Waals surface area (Å²) in [5.74, 6) is 0. The van der Waals surface area contributed by atoms with Gasteiger partial charge in [0, 0.05) is 18.8 Å². The Bertz CT molecular complexity index is 318. The molecule has 15 heavy (non-hydrogen) atoms. The van der Waals surface area contributed by atoms with Crippen LogP contribution in [0.2, 0.25) is 0 Å². The van der Waals surface area contributed by atoms with Gasteiger partial charge in [-0.25, -0.2) is 0 Å². The predicted octanol–water partition coefficient (Wildman–Crippen LogP) is 0.916. The van der Waals surface area contributed by atoms with Gasteiger partial charge in [-0.3, -0.25) is 4.79 Å². The molecule has 1 fully saturated rings. The number of ether oxygens (including phenoxy) is 1. The van der Waals surface area contributed by atoms with E-state index in [0.717, 1.165) is 30.9 Å². The minimum absolute atomic E-state index is 0.129. The maximum atomic E-state index is 10.2. The van der Waals surface area contributed by atoms with Crippen LogP contribution in [0, 0.1) is 0 Å². The fourth-order valence-electron chi connectivity index (χ4n) is 1.64. The number of amides is 1. The Balaban J connectivity index is 2.04. The highest BCUT2D eigenvalue weighted by Gasteiger charge is 2.14. The van der Waals surface area contributed by atoms with Crippen LogP contribution in [0.1, 0.15) is 11.7 Å². The molecule has 0 saturated carbocycles. The van der Waals surface area contributed by atoms with Gasteiger partial charge in [0.15, 0.2) is 0 Å². The first-order valence-corrected chi connectivity index (χ1v) is 5.02. The molecule has 1 aliphatic rings. The van der Waals surface area contributed by atoms with Crippen LogP contribution in [0.15, 0.2) is 24.3 Å². The third-order valence-electron chi connectivity index (χ3n) is 2.44. The molecule has 1 unspecified atom stereocenters. The molecule has 0 radical (unpaired) electrons. The number of benzene rings is 1. The molecule has 0 spiro atoms. The third-order valence-corrected chi connectivity index (χ3v) is 2.44. The van der Waals surface area contributed by atoms with E-state index in [9.17, 15) is 4.79 Å². The summed E-state index contributed by atoms with van der Waals surface area (Å²) in [7, 11) is 0. The predicted molar refractivity (Wildman–Crippen MR) is 57.7 cm³/mol. The van der Waals surface area contributed by atoms with E-state index in [-0.39, 0.29) is 6.10 Å². The van der Waals surface area contributed by atoms with Crippen LogP contribution >= 0.6 is 0 Å². The molecule has 2 rings (SSSR count). The van der Waals surface area contributed by atoms with Crippen LogP contribution in [0.4, 0.5) is 5.69 Å². The zero-order valence-corrected chi connectivity index (χ0v) is 8.40. The summed E-state index contributed by atoms with van der Waals surface area (Å²) in [5.41, 5.74) is 1.94. The monoisotopic (exact) mass is 206 g/mol. The molecule has 1 heterocycles. The molecule has 4 nitrogen and oxygen atoms in total. The van der Waals surface area contributed by atoms with E-state index in [1.165, 1.54) is 0 Å². The molecule has 1 aromatic carbocycles. The first-order chi connectivity index (χ1) is 7.40. The summed E-state index contributed by atoms with van der Waals surface area (Å²) >= 11 is 0. The number of nitrogens with one attached hydrogen (secondary N) is 2. The number of carbonyl (C=O) groups excluding carboxylic acids is 1. The zero-order valence-electron chi connectivity index (χ0n) is 8.40. The van der Waals surface area contributed by atoms with E-state index in [2.05, 4.69) is 10.6 Å². The molecule has 1 amide bonds. The van der Waals surface area contributed by atoms with Crippen molar-refractivity contribution in [3.8, 4) is 0 Å². The Morgan fingerprint density at radius 2 is 2.20 bits per heavy atom. The summed E-state index contributed by atoms with van der Waals surface area (Å²) in [5, 5.41) is 5.88. The fourth-order valence-corrected chi connectivity index (χ4v) is 1.64. The van der Waals surface area contributed by atoms with Crippen molar-refractivity contribution in [2.24, 2.45) is 0 Å². The van der Waals surface area contributed by atoms with Crippen molar-refractivity contribution in [2.75, 3.05) is 25.0 Å². The fraction of sp³-hybridized carbons (Fsp3) is 0.364. The highest BCUT2D eigenvalue weighted by atomic mass is 16.5. The van der Waals surface area contributed by atoms with E-state index in [1.54, 1.807) is 0 Å². The lowest BCUT2D eigenvalue weighted by Crippen LogP contribution is -2.33. The molecule has 80 valence electrons. The third kappa shape index (κ3) is 2.55. The molecule has 1 aromatic rings. The first kappa shape index (κ1) is 10.1. The van der Waals surface area contributed by atoms with Gasteiger partial charge in [0.1, 0.15) is 0 Å². The van der Waals surface area contributed by atoms with Gasteiger partial charge in [0.05, 0.1) is 12.7 Å². The highest BCUT2D eigenvalue weighted by Crippen LogP contribution is 2.20. The number of anilines is 1. The van der Waals surface area contributed by atoms with E-state index in [0.29, 0.717) is 6.41 Å². The van der Waals surface area contributed by atoms with Crippen molar-refractivity contribution < 1.29 is 9.53 Å². The van der Waals surface area contributed by atoms with Gasteiger partial charge in [-0.2, -0.15) is 0 Å². The smallest absolute Gasteiger partial charge is 0.211 e. The SMILES string of the molecule is O=CNc1ccc(C2CNCCO2)cc1. The lowest BCUT2D eigenvalue weighted by atomic mass is 10.1. The van der Waals surface area contributed by atoms with Crippen LogP contribution in [-0.4, -0.2) is 26.1 Å². The van der Waals surface area contributed by atoms with E-state index in [1.807, 2.05) is 24.3 Å². The molecule has 1 saturated heterocycles. The topological polar surface area (TPSA) is 50.4 Å². The Labute approximate surface area is 88.6 Å². The van der Waals surface area contributed by atoms with E-state index in [4.69, 9.17) is 4.74 Å². The summed E-state index contributed by atoms with van der Waals surface area (Å²) in [6.45, 7) is 2.51. The molecular weight excluding hydrogens is 192 g/mol. The quantitative estimate of drug-likeness (QED) is 0.723. The largest absolute Gasteiger partial charge is 0.371 e. The minimum atomic E-state index is 0.129. The van der Waals surface area contributed by atoms with Gasteiger partial charge in [-0.1, -0.05) is 12.1 Å². The standard InChI is InChI=1S/C11H14N2O2/c14-8-13-10-3-1-9(2-4-10)11-7-12-5-6-15-11/h1-4,8,11-12H,5-7H2,(H,13,14). The van der Waals surface area contributed by atoms with Gasteiger partial charge in [-0.15, -0.1) is 0 Å². The van der Waals surface area contributed by atoms with E-state index < -0.39 is 0 Å². The van der Waals surface area contributed by atoms with E-state index >= 15 is 0 Å². The number of rotatable bonds is 3. The second kappa shape index (κ2) is 4.91. The average molecular weight is 206 g/mol. The van der Waals surface area contributed by atoms with Crippen LogP contribution in [0.3, 0.4) is 0 Å². The lowest BCUT2D eigenvalue weighted by Gasteiger charge is -2.24. The van der Waals surface area contributed by atoms with Crippen LogP contribution in [0.5, 0.6) is 0 Å². The van der Waals surface area contributed by atoms with Gasteiger partial charge in [0.2, 0.25) is 6.41 Å². The number of morpholine rings is 1. The Kier molecular flexibility index (Phi) is 3.32. The van der Waals surface area contributed by atoms with Gasteiger partial charge >= 0.3 is 0 Å². The van der Waals surface area contributed by atoms with Gasteiger partial charge in [0.25, 0.3) is 0 Å². The van der Waals surface area contributed by atoms with Crippen molar-refractivity contribution in [1.82, 2.24) is 5.32 Å². The number of hydrogen-bond acceptors (Lipinski definition) is 3. The van der Waals surface area contributed by atoms with Gasteiger partial charge in [-0.05, 0) is 17.7 Å². The van der Waals surface area contributed by atoms with Gasteiger partial charge < -0.3 is 15.4 Å². The minimum Gasteiger partial charge on any atom is -0.371 e. The maximum absolute atomic E-state index is 10.2. The average Bonchev–Trinajstić information content (AvgIpc) is 2.32. The normalized spacial score (nSPS) is 20.9. The molecule has 4 heteroatoms. The summed E-state index contributed by atoms with van der Waals surface area (Å²) in [6, 6.07) is 7.70. The zero-order chi connectivity index (χ0) is 10.5. The van der Waals surface area contributed by atoms with Crippen molar-refractivity contribution in [2.45, 2.75) is 6.10 Å². The van der Waals surface area contributed by atoms with Crippen LogP contribution in [-0.2, 0) is 9.53 Å². The van der Waals surface area contributed by atoms with Crippen LogP contribution in [0.25, 0.3) is 0 Å². The molecule has 1 atom stereocenters. The summed E-state index contributed by atoms with van der Waals surface area (Å²) in [6.07, 6.45) is 0.803. The number of carbonyl (C=O) groups is 1. The maximum Gasteiger partial charge on any atom is 0.211 e. The molecular formula is C11H14N2O2. The number of hydrogen-bond donors (Lipinski definition) is 2. The van der Waals surface area contributed by atoms with Crippen molar-refractivity contribution in [3.05, 3.63) is 29.8 Å². The Morgan fingerprint density at radius 1 is 1.40 bits per heavy atom. The second-order valence-electron chi connectivity index (χ2n) is 3.45. The highest BCUT2D eigenvalue weighted by molar-refractivity contribution is 5.71. The second-order valence-corrected chi connectivity index (χ2v) is 3.45. The first-order valence-electron chi connectivity index (χ1n) is 5.02. The Hall–Kier alpha value is -1.39. The lowest BCUT2D eigenvalue weighted by molar-refractivity contribution is -0.105.